The predicted molar refractivity (Wildman–Crippen MR) is 71.1 cm³/mol. The number of thiophene rings is 1. The highest BCUT2D eigenvalue weighted by Crippen LogP contribution is 2.31. The minimum absolute atomic E-state index is 0.0372. The second-order valence-electron chi connectivity index (χ2n) is 3.42. The maximum Gasteiger partial charge on any atom is 0.127 e. The van der Waals surface area contributed by atoms with Gasteiger partial charge in [-0.05, 0) is 36.1 Å². The molecule has 1 heterocycles. The van der Waals surface area contributed by atoms with E-state index in [4.69, 9.17) is 11.6 Å². The fraction of sp³-hybridized carbons (Fsp3) is 0.167. The number of alkyl halides is 1. The molecule has 0 bridgehead atoms. The molecule has 2 rings (SSSR count). The Hall–Kier alpha value is -0.380. The Kier molecular flexibility index (Phi) is 4.00. The van der Waals surface area contributed by atoms with E-state index >= 15 is 0 Å². The summed E-state index contributed by atoms with van der Waals surface area (Å²) in [6.45, 7) is 0. The van der Waals surface area contributed by atoms with E-state index in [0.29, 0.717) is 10.6 Å². The molecule has 0 saturated heterocycles. The van der Waals surface area contributed by atoms with Crippen molar-refractivity contribution in [3.63, 3.8) is 0 Å². The molecule has 4 heteroatoms. The normalized spacial score (nSPS) is 12.7. The lowest BCUT2D eigenvalue weighted by Crippen LogP contribution is -1.97. The highest BCUT2D eigenvalue weighted by molar-refractivity contribution is 9.09. The number of halogens is 3. The van der Waals surface area contributed by atoms with E-state index in [1.54, 1.807) is 23.5 Å². The SMILES string of the molecule is Fc1ccc(Cl)cc1C(Br)Cc1cccs1. The topological polar surface area (TPSA) is 0 Å². The third-order valence-corrected chi connectivity index (χ3v) is 4.21. The molecule has 0 aliphatic heterocycles. The first-order valence-electron chi connectivity index (χ1n) is 4.78. The minimum Gasteiger partial charge on any atom is -0.207 e. The fourth-order valence-corrected chi connectivity index (χ4v) is 3.32. The van der Waals surface area contributed by atoms with Crippen LogP contribution in [-0.2, 0) is 6.42 Å². The lowest BCUT2D eigenvalue weighted by Gasteiger charge is -2.10. The highest BCUT2D eigenvalue weighted by atomic mass is 79.9. The first kappa shape index (κ1) is 12.1. The first-order valence-corrected chi connectivity index (χ1v) is 6.95. The monoisotopic (exact) mass is 318 g/mol. The lowest BCUT2D eigenvalue weighted by molar-refractivity contribution is 0.608. The zero-order valence-electron chi connectivity index (χ0n) is 8.29. The molecule has 0 saturated carbocycles. The molecule has 16 heavy (non-hydrogen) atoms. The van der Waals surface area contributed by atoms with Crippen molar-refractivity contribution in [1.29, 1.82) is 0 Å². The van der Waals surface area contributed by atoms with E-state index < -0.39 is 0 Å². The number of hydrogen-bond donors (Lipinski definition) is 0. The van der Waals surface area contributed by atoms with Gasteiger partial charge in [0.25, 0.3) is 0 Å². The van der Waals surface area contributed by atoms with Crippen LogP contribution in [0.25, 0.3) is 0 Å². The van der Waals surface area contributed by atoms with Gasteiger partial charge in [-0.25, -0.2) is 4.39 Å². The van der Waals surface area contributed by atoms with Crippen molar-refractivity contribution < 1.29 is 4.39 Å². The van der Waals surface area contributed by atoms with Crippen molar-refractivity contribution in [2.45, 2.75) is 11.2 Å². The minimum atomic E-state index is -0.220. The lowest BCUT2D eigenvalue weighted by atomic mass is 10.1. The van der Waals surface area contributed by atoms with Crippen LogP contribution >= 0.6 is 38.9 Å². The standard InChI is InChI=1S/C12H9BrClFS/c13-11(7-9-2-1-5-16-9)10-6-8(14)3-4-12(10)15/h1-6,11H,7H2. The van der Waals surface area contributed by atoms with Gasteiger partial charge < -0.3 is 0 Å². The predicted octanol–water partition coefficient (Wildman–Crippen LogP) is 5.22. The van der Waals surface area contributed by atoms with Gasteiger partial charge in [-0.3, -0.25) is 0 Å². The molecule has 0 aliphatic rings. The molecule has 1 atom stereocenters. The maximum atomic E-state index is 13.6. The molecule has 0 amide bonds. The van der Waals surface area contributed by atoms with Crippen LogP contribution < -0.4 is 0 Å². The molecule has 1 unspecified atom stereocenters. The van der Waals surface area contributed by atoms with Gasteiger partial charge in [0.05, 0.1) is 0 Å². The van der Waals surface area contributed by atoms with E-state index in [9.17, 15) is 4.39 Å². The molecule has 0 N–H and O–H groups in total. The molecule has 1 aromatic carbocycles. The summed E-state index contributed by atoms with van der Waals surface area (Å²) in [6.07, 6.45) is 0.773. The van der Waals surface area contributed by atoms with Crippen LogP contribution in [-0.4, -0.2) is 0 Å². The quantitative estimate of drug-likeness (QED) is 0.680. The van der Waals surface area contributed by atoms with E-state index in [0.717, 1.165) is 6.42 Å². The number of benzene rings is 1. The van der Waals surface area contributed by atoms with E-state index in [-0.39, 0.29) is 10.6 Å². The summed E-state index contributed by atoms with van der Waals surface area (Å²) in [6, 6.07) is 8.67. The molecular weight excluding hydrogens is 311 g/mol. The van der Waals surface area contributed by atoms with Gasteiger partial charge in [0.2, 0.25) is 0 Å². The molecule has 84 valence electrons. The molecule has 0 spiro atoms. The Balaban J connectivity index is 2.20. The van der Waals surface area contributed by atoms with Crippen LogP contribution in [0.5, 0.6) is 0 Å². The summed E-state index contributed by atoms with van der Waals surface area (Å²) in [7, 11) is 0. The third kappa shape index (κ3) is 2.84. The van der Waals surface area contributed by atoms with Crippen molar-refractivity contribution in [2.24, 2.45) is 0 Å². The van der Waals surface area contributed by atoms with Gasteiger partial charge in [0.15, 0.2) is 0 Å². The van der Waals surface area contributed by atoms with Crippen LogP contribution in [0, 0.1) is 5.82 Å². The van der Waals surface area contributed by atoms with E-state index in [2.05, 4.69) is 15.9 Å². The Labute approximate surface area is 111 Å². The first-order chi connectivity index (χ1) is 7.66. The van der Waals surface area contributed by atoms with Gasteiger partial charge in [0, 0.05) is 20.3 Å². The zero-order valence-corrected chi connectivity index (χ0v) is 11.4. The average molecular weight is 320 g/mol. The van der Waals surface area contributed by atoms with Crippen molar-refractivity contribution in [2.75, 3.05) is 0 Å². The summed E-state index contributed by atoms with van der Waals surface area (Å²) in [5.74, 6) is -0.220. The summed E-state index contributed by atoms with van der Waals surface area (Å²) >= 11 is 11.0. The summed E-state index contributed by atoms with van der Waals surface area (Å²) in [5.41, 5.74) is 0.612. The molecule has 0 radical (unpaired) electrons. The Morgan fingerprint density at radius 2 is 2.19 bits per heavy atom. The van der Waals surface area contributed by atoms with Crippen molar-refractivity contribution in [3.05, 3.63) is 57.0 Å². The Morgan fingerprint density at radius 3 is 2.88 bits per heavy atom. The van der Waals surface area contributed by atoms with Crippen molar-refractivity contribution >= 4 is 38.9 Å². The van der Waals surface area contributed by atoms with Gasteiger partial charge in [-0.15, -0.1) is 11.3 Å². The van der Waals surface area contributed by atoms with Crippen molar-refractivity contribution in [3.8, 4) is 0 Å². The number of rotatable bonds is 3. The smallest absolute Gasteiger partial charge is 0.127 e. The Bertz CT molecular complexity index is 470. The van der Waals surface area contributed by atoms with Gasteiger partial charge >= 0.3 is 0 Å². The average Bonchev–Trinajstić information content (AvgIpc) is 2.74. The van der Waals surface area contributed by atoms with Gasteiger partial charge in [0.1, 0.15) is 5.82 Å². The Morgan fingerprint density at radius 1 is 1.38 bits per heavy atom. The summed E-state index contributed by atoms with van der Waals surface area (Å²) in [4.78, 5) is 1.19. The molecule has 0 aliphatic carbocycles. The van der Waals surface area contributed by atoms with E-state index in [1.807, 2.05) is 17.5 Å². The molecular formula is C12H9BrClFS. The number of hydrogen-bond acceptors (Lipinski definition) is 1. The largest absolute Gasteiger partial charge is 0.207 e. The van der Waals surface area contributed by atoms with Gasteiger partial charge in [-0.1, -0.05) is 33.6 Å². The molecule has 0 nitrogen and oxygen atoms in total. The van der Waals surface area contributed by atoms with Crippen molar-refractivity contribution in [1.82, 2.24) is 0 Å². The van der Waals surface area contributed by atoms with Crippen LogP contribution in [0.3, 0.4) is 0 Å². The maximum absolute atomic E-state index is 13.6. The summed E-state index contributed by atoms with van der Waals surface area (Å²) < 4.78 is 13.6. The molecule has 2 aromatic rings. The third-order valence-electron chi connectivity index (χ3n) is 2.26. The van der Waals surface area contributed by atoms with Crippen LogP contribution in [0.15, 0.2) is 35.7 Å². The molecule has 0 fully saturated rings. The summed E-state index contributed by atoms with van der Waals surface area (Å²) in [5, 5.41) is 2.58. The molecule has 1 aromatic heterocycles. The highest BCUT2D eigenvalue weighted by Gasteiger charge is 2.14. The second-order valence-corrected chi connectivity index (χ2v) is 5.99. The van der Waals surface area contributed by atoms with Crippen LogP contribution in [0.4, 0.5) is 4.39 Å². The van der Waals surface area contributed by atoms with Crippen LogP contribution in [0.2, 0.25) is 5.02 Å². The second kappa shape index (κ2) is 5.30. The van der Waals surface area contributed by atoms with Crippen LogP contribution in [0.1, 0.15) is 15.3 Å². The fourth-order valence-electron chi connectivity index (χ4n) is 1.47. The van der Waals surface area contributed by atoms with E-state index in [1.165, 1.54) is 10.9 Å². The zero-order chi connectivity index (χ0) is 11.5. The van der Waals surface area contributed by atoms with Gasteiger partial charge in [-0.2, -0.15) is 0 Å².